The highest BCUT2D eigenvalue weighted by molar-refractivity contribution is 5.90. The van der Waals surface area contributed by atoms with Gasteiger partial charge in [0.1, 0.15) is 0 Å². The first-order valence-electron chi connectivity index (χ1n) is 7.96. The first-order valence-corrected chi connectivity index (χ1v) is 7.96. The monoisotopic (exact) mass is 320 g/mol. The van der Waals surface area contributed by atoms with Gasteiger partial charge in [-0.25, -0.2) is 4.79 Å². The lowest BCUT2D eigenvalue weighted by atomic mass is 10.0. The number of carbonyl (C=O) groups is 2. The molecular weight excluding hydrogens is 296 g/mol. The van der Waals surface area contributed by atoms with E-state index in [9.17, 15) is 9.59 Å². The van der Waals surface area contributed by atoms with Gasteiger partial charge in [-0.1, -0.05) is 24.6 Å². The van der Waals surface area contributed by atoms with Crippen molar-refractivity contribution in [3.05, 3.63) is 29.8 Å². The van der Waals surface area contributed by atoms with Crippen LogP contribution in [0, 0.1) is 5.92 Å². The van der Waals surface area contributed by atoms with Crippen molar-refractivity contribution in [2.45, 2.75) is 38.8 Å². The Morgan fingerprint density at radius 1 is 1.26 bits per heavy atom. The normalized spacial score (nSPS) is 20.1. The summed E-state index contributed by atoms with van der Waals surface area (Å²) in [5, 5.41) is 5.73. The minimum absolute atomic E-state index is 0.179. The molecule has 1 aromatic carbocycles. The maximum Gasteiger partial charge on any atom is 0.319 e. The van der Waals surface area contributed by atoms with Crippen molar-refractivity contribution in [2.75, 3.05) is 19.0 Å². The molecule has 0 aliphatic heterocycles. The SMILES string of the molecule is CCOCc1ccccc1NC(=O)N[C@H]1CCC[C@@H]1C(=O)OC. The minimum Gasteiger partial charge on any atom is -0.469 e. The molecule has 0 spiro atoms. The Morgan fingerprint density at radius 3 is 2.78 bits per heavy atom. The van der Waals surface area contributed by atoms with Crippen molar-refractivity contribution in [3.8, 4) is 0 Å². The van der Waals surface area contributed by atoms with Crippen LogP contribution in [0.5, 0.6) is 0 Å². The number of carbonyl (C=O) groups excluding carboxylic acids is 2. The van der Waals surface area contributed by atoms with Crippen LogP contribution in [0.3, 0.4) is 0 Å². The molecule has 1 saturated carbocycles. The number of nitrogens with one attached hydrogen (secondary N) is 2. The van der Waals surface area contributed by atoms with Crippen LogP contribution in [0.25, 0.3) is 0 Å². The smallest absolute Gasteiger partial charge is 0.319 e. The number of amides is 2. The van der Waals surface area contributed by atoms with Crippen LogP contribution in [-0.4, -0.2) is 31.8 Å². The van der Waals surface area contributed by atoms with Crippen LogP contribution in [0.2, 0.25) is 0 Å². The van der Waals surface area contributed by atoms with Crippen LogP contribution in [0.4, 0.5) is 10.5 Å². The number of rotatable bonds is 6. The quantitative estimate of drug-likeness (QED) is 0.790. The van der Waals surface area contributed by atoms with Crippen LogP contribution < -0.4 is 10.6 Å². The first-order chi connectivity index (χ1) is 11.2. The molecule has 0 bridgehead atoms. The molecule has 6 nitrogen and oxygen atoms in total. The van der Waals surface area contributed by atoms with E-state index in [1.54, 1.807) is 0 Å². The summed E-state index contributed by atoms with van der Waals surface area (Å²) in [7, 11) is 1.38. The third-order valence-electron chi connectivity index (χ3n) is 4.06. The maximum absolute atomic E-state index is 12.2. The Morgan fingerprint density at radius 2 is 2.04 bits per heavy atom. The minimum atomic E-state index is -0.310. The Kier molecular flexibility index (Phi) is 6.40. The highest BCUT2D eigenvalue weighted by Crippen LogP contribution is 2.27. The molecule has 23 heavy (non-hydrogen) atoms. The van der Waals surface area contributed by atoms with Gasteiger partial charge in [-0.05, 0) is 25.8 Å². The second-order valence-electron chi connectivity index (χ2n) is 5.56. The third-order valence-corrected chi connectivity index (χ3v) is 4.06. The Hall–Kier alpha value is -2.08. The van der Waals surface area contributed by atoms with Gasteiger partial charge in [0.25, 0.3) is 0 Å². The van der Waals surface area contributed by atoms with Gasteiger partial charge in [0.2, 0.25) is 0 Å². The summed E-state index contributed by atoms with van der Waals surface area (Å²) < 4.78 is 10.2. The van der Waals surface area contributed by atoms with Gasteiger partial charge in [-0.15, -0.1) is 0 Å². The standard InChI is InChI=1S/C17H24N2O4/c1-3-23-11-12-7-4-5-9-14(12)18-17(21)19-15-10-6-8-13(15)16(20)22-2/h4-5,7,9,13,15H,3,6,8,10-11H2,1-2H3,(H2,18,19,21)/t13-,15-/m0/s1. The van der Waals surface area contributed by atoms with Crippen molar-refractivity contribution < 1.29 is 19.1 Å². The predicted octanol–water partition coefficient (Wildman–Crippen LogP) is 2.69. The molecule has 2 amide bonds. The number of para-hydroxylation sites is 1. The van der Waals surface area contributed by atoms with Crippen molar-refractivity contribution in [1.82, 2.24) is 5.32 Å². The first kappa shape index (κ1) is 17.3. The molecule has 1 aliphatic carbocycles. The number of hydrogen-bond donors (Lipinski definition) is 2. The van der Waals surface area contributed by atoms with Gasteiger partial charge in [0.15, 0.2) is 0 Å². The Balaban J connectivity index is 1.96. The fraction of sp³-hybridized carbons (Fsp3) is 0.529. The molecule has 2 atom stereocenters. The molecule has 0 radical (unpaired) electrons. The lowest BCUT2D eigenvalue weighted by Crippen LogP contribution is -2.42. The molecule has 6 heteroatoms. The van der Waals surface area contributed by atoms with Gasteiger partial charge in [-0.2, -0.15) is 0 Å². The van der Waals surface area contributed by atoms with Crippen LogP contribution in [0.1, 0.15) is 31.7 Å². The van der Waals surface area contributed by atoms with E-state index in [0.29, 0.717) is 18.9 Å². The van der Waals surface area contributed by atoms with Crippen molar-refractivity contribution in [2.24, 2.45) is 5.92 Å². The molecule has 0 saturated heterocycles. The molecule has 0 unspecified atom stereocenters. The molecule has 0 aromatic heterocycles. The number of esters is 1. The van der Waals surface area contributed by atoms with Crippen LogP contribution in [0.15, 0.2) is 24.3 Å². The average Bonchev–Trinajstić information content (AvgIpc) is 3.01. The summed E-state index contributed by atoms with van der Waals surface area (Å²) in [6, 6.07) is 7.02. The van der Waals surface area contributed by atoms with Crippen molar-refractivity contribution in [3.63, 3.8) is 0 Å². The zero-order valence-electron chi connectivity index (χ0n) is 13.6. The lowest BCUT2D eigenvalue weighted by molar-refractivity contribution is -0.145. The number of anilines is 1. The summed E-state index contributed by atoms with van der Waals surface area (Å²) in [6.45, 7) is 2.99. The lowest BCUT2D eigenvalue weighted by Gasteiger charge is -2.20. The molecule has 0 heterocycles. The highest BCUT2D eigenvalue weighted by atomic mass is 16.5. The maximum atomic E-state index is 12.2. The van der Waals surface area contributed by atoms with Gasteiger partial charge < -0.3 is 20.1 Å². The summed E-state index contributed by atoms with van der Waals surface area (Å²) >= 11 is 0. The predicted molar refractivity (Wildman–Crippen MR) is 87.1 cm³/mol. The van der Waals surface area contributed by atoms with Gasteiger partial charge in [0, 0.05) is 23.9 Å². The van der Waals surface area contributed by atoms with E-state index < -0.39 is 0 Å². The van der Waals surface area contributed by atoms with E-state index in [1.807, 2.05) is 31.2 Å². The highest BCUT2D eigenvalue weighted by Gasteiger charge is 2.34. The topological polar surface area (TPSA) is 76.7 Å². The van der Waals surface area contributed by atoms with Gasteiger partial charge in [-0.3, -0.25) is 4.79 Å². The number of methoxy groups -OCH3 is 1. The number of hydrogen-bond acceptors (Lipinski definition) is 4. The summed E-state index contributed by atoms with van der Waals surface area (Å²) in [5.74, 6) is -0.519. The van der Waals surface area contributed by atoms with Crippen molar-refractivity contribution >= 4 is 17.7 Å². The Labute approximate surface area is 136 Å². The summed E-state index contributed by atoms with van der Waals surface area (Å²) in [5.41, 5.74) is 1.63. The van der Waals surface area contributed by atoms with E-state index in [4.69, 9.17) is 9.47 Å². The fourth-order valence-electron chi connectivity index (χ4n) is 2.87. The molecule has 2 rings (SSSR count). The summed E-state index contributed by atoms with van der Waals surface area (Å²) in [4.78, 5) is 24.0. The van der Waals surface area contributed by atoms with Gasteiger partial charge >= 0.3 is 12.0 Å². The summed E-state index contributed by atoms with van der Waals surface area (Å²) in [6.07, 6.45) is 2.44. The molecule has 1 aromatic rings. The number of benzene rings is 1. The fourth-order valence-corrected chi connectivity index (χ4v) is 2.87. The van der Waals surface area contributed by atoms with Crippen molar-refractivity contribution in [1.29, 1.82) is 0 Å². The zero-order valence-corrected chi connectivity index (χ0v) is 13.6. The molecule has 2 N–H and O–H groups in total. The van der Waals surface area contributed by atoms with Crippen LogP contribution >= 0.6 is 0 Å². The van der Waals surface area contributed by atoms with E-state index in [1.165, 1.54) is 7.11 Å². The van der Waals surface area contributed by atoms with E-state index in [0.717, 1.165) is 24.8 Å². The molecule has 126 valence electrons. The Bertz CT molecular complexity index is 547. The van der Waals surface area contributed by atoms with E-state index in [-0.39, 0.29) is 24.0 Å². The zero-order chi connectivity index (χ0) is 16.7. The molecule has 1 fully saturated rings. The third kappa shape index (κ3) is 4.69. The van der Waals surface area contributed by atoms with Gasteiger partial charge in [0.05, 0.1) is 19.6 Å². The van der Waals surface area contributed by atoms with E-state index in [2.05, 4.69) is 10.6 Å². The number of urea groups is 1. The molecular formula is C17H24N2O4. The molecule has 1 aliphatic rings. The van der Waals surface area contributed by atoms with Crippen LogP contribution in [-0.2, 0) is 20.9 Å². The van der Waals surface area contributed by atoms with E-state index >= 15 is 0 Å². The largest absolute Gasteiger partial charge is 0.469 e. The number of ether oxygens (including phenoxy) is 2. The second kappa shape index (κ2) is 8.53. The average molecular weight is 320 g/mol. The second-order valence-corrected chi connectivity index (χ2v) is 5.56.